The van der Waals surface area contributed by atoms with Gasteiger partial charge in [-0.05, 0) is 24.1 Å². The summed E-state index contributed by atoms with van der Waals surface area (Å²) in [6.45, 7) is 0. The highest BCUT2D eigenvalue weighted by Gasteiger charge is 2.29. The second kappa shape index (κ2) is 6.58. The number of hydrogen-bond acceptors (Lipinski definition) is 3. The van der Waals surface area contributed by atoms with Gasteiger partial charge in [-0.1, -0.05) is 23.7 Å². The van der Waals surface area contributed by atoms with Crippen LogP contribution in [-0.2, 0) is 20.8 Å². The Morgan fingerprint density at radius 1 is 1.38 bits per heavy atom. The predicted octanol–water partition coefficient (Wildman–Crippen LogP) is 0.131. The van der Waals surface area contributed by atoms with E-state index in [1.165, 1.54) is 0 Å². The lowest BCUT2D eigenvalue weighted by Crippen LogP contribution is -2.51. The van der Waals surface area contributed by atoms with Crippen LogP contribution in [0.2, 0.25) is 5.02 Å². The van der Waals surface area contributed by atoms with Gasteiger partial charge in [-0.3, -0.25) is 14.4 Å². The summed E-state index contributed by atoms with van der Waals surface area (Å²) in [4.78, 5) is 34.6. The number of primary amides is 1. The molecule has 4 N–H and O–H groups in total. The molecule has 0 bridgehead atoms. The van der Waals surface area contributed by atoms with Crippen molar-refractivity contribution in [3.63, 3.8) is 0 Å². The van der Waals surface area contributed by atoms with Crippen LogP contribution in [0.15, 0.2) is 24.3 Å². The largest absolute Gasteiger partial charge is 0.368 e. The molecule has 1 aromatic rings. The number of hydrogen-bond donors (Lipinski definition) is 3. The number of carbonyl (C=O) groups is 3. The van der Waals surface area contributed by atoms with Crippen LogP contribution >= 0.6 is 11.6 Å². The zero-order valence-corrected chi connectivity index (χ0v) is 12.0. The van der Waals surface area contributed by atoms with Crippen molar-refractivity contribution in [1.29, 1.82) is 0 Å². The highest BCUT2D eigenvalue weighted by Crippen LogP contribution is 2.12. The maximum Gasteiger partial charge on any atom is 0.243 e. The van der Waals surface area contributed by atoms with Crippen LogP contribution in [0.1, 0.15) is 18.4 Å². The fourth-order valence-electron chi connectivity index (χ4n) is 2.16. The second-order valence-corrected chi connectivity index (χ2v) is 5.39. The molecule has 0 spiro atoms. The molecule has 1 aliphatic heterocycles. The molecular formula is C14H16ClN3O3. The van der Waals surface area contributed by atoms with Gasteiger partial charge >= 0.3 is 0 Å². The molecule has 2 atom stereocenters. The molecule has 0 radical (unpaired) electrons. The monoisotopic (exact) mass is 309 g/mol. The van der Waals surface area contributed by atoms with Crippen LogP contribution in [0.5, 0.6) is 0 Å². The van der Waals surface area contributed by atoms with Gasteiger partial charge in [0.05, 0.1) is 0 Å². The van der Waals surface area contributed by atoms with E-state index in [1.54, 1.807) is 24.3 Å². The molecule has 112 valence electrons. The quantitative estimate of drug-likeness (QED) is 0.720. The molecule has 3 amide bonds. The first-order valence-corrected chi connectivity index (χ1v) is 6.97. The number of amides is 3. The SMILES string of the molecule is NC(=O)[C@@H](Cc1ccc(Cl)cc1)NC(=O)[C@H]1CCC(=O)N1. The summed E-state index contributed by atoms with van der Waals surface area (Å²) in [6, 6.07) is 5.52. The maximum atomic E-state index is 12.0. The van der Waals surface area contributed by atoms with E-state index in [2.05, 4.69) is 10.6 Å². The van der Waals surface area contributed by atoms with Crippen LogP contribution < -0.4 is 16.4 Å². The van der Waals surface area contributed by atoms with E-state index in [1.807, 2.05) is 0 Å². The number of carbonyl (C=O) groups excluding carboxylic acids is 3. The lowest BCUT2D eigenvalue weighted by molar-refractivity contribution is -0.129. The molecule has 1 heterocycles. The fraction of sp³-hybridized carbons (Fsp3) is 0.357. The van der Waals surface area contributed by atoms with Gasteiger partial charge in [0.15, 0.2) is 0 Å². The highest BCUT2D eigenvalue weighted by molar-refractivity contribution is 6.30. The number of nitrogens with two attached hydrogens (primary N) is 1. The standard InChI is InChI=1S/C14H16ClN3O3/c15-9-3-1-8(2-4-9)7-11(13(16)20)18-14(21)10-5-6-12(19)17-10/h1-4,10-11H,5-7H2,(H2,16,20)(H,17,19)(H,18,21)/t10-,11-/m1/s1. The first-order valence-electron chi connectivity index (χ1n) is 6.59. The Bertz CT molecular complexity index is 559. The average molecular weight is 310 g/mol. The molecule has 21 heavy (non-hydrogen) atoms. The van der Waals surface area contributed by atoms with Gasteiger partial charge in [-0.2, -0.15) is 0 Å². The topological polar surface area (TPSA) is 101 Å². The minimum Gasteiger partial charge on any atom is -0.368 e. The number of rotatable bonds is 5. The summed E-state index contributed by atoms with van der Waals surface area (Å²) < 4.78 is 0. The van der Waals surface area contributed by atoms with Gasteiger partial charge in [0, 0.05) is 17.9 Å². The van der Waals surface area contributed by atoms with Crippen LogP contribution in [0, 0.1) is 0 Å². The summed E-state index contributed by atoms with van der Waals surface area (Å²) >= 11 is 5.79. The van der Waals surface area contributed by atoms with E-state index in [0.29, 0.717) is 17.9 Å². The van der Waals surface area contributed by atoms with Crippen molar-refractivity contribution in [2.75, 3.05) is 0 Å². The maximum absolute atomic E-state index is 12.0. The molecule has 0 unspecified atom stereocenters. The zero-order valence-electron chi connectivity index (χ0n) is 11.3. The smallest absolute Gasteiger partial charge is 0.243 e. The van der Waals surface area contributed by atoms with E-state index in [9.17, 15) is 14.4 Å². The molecule has 1 saturated heterocycles. The van der Waals surface area contributed by atoms with Crippen molar-refractivity contribution in [3.8, 4) is 0 Å². The lowest BCUT2D eigenvalue weighted by atomic mass is 10.0. The van der Waals surface area contributed by atoms with Crippen LogP contribution in [-0.4, -0.2) is 29.8 Å². The van der Waals surface area contributed by atoms with Crippen molar-refractivity contribution in [3.05, 3.63) is 34.9 Å². The molecule has 1 aliphatic rings. The van der Waals surface area contributed by atoms with Crippen molar-refractivity contribution < 1.29 is 14.4 Å². The average Bonchev–Trinajstić information content (AvgIpc) is 2.87. The molecule has 0 aliphatic carbocycles. The highest BCUT2D eigenvalue weighted by atomic mass is 35.5. The molecule has 2 rings (SSSR count). The van der Waals surface area contributed by atoms with Crippen molar-refractivity contribution in [2.45, 2.75) is 31.3 Å². The third kappa shape index (κ3) is 4.19. The van der Waals surface area contributed by atoms with Gasteiger partial charge < -0.3 is 16.4 Å². The molecule has 0 saturated carbocycles. The summed E-state index contributed by atoms with van der Waals surface area (Å²) in [5.74, 6) is -1.18. The Kier molecular flexibility index (Phi) is 4.80. The normalized spacial score (nSPS) is 18.9. The number of benzene rings is 1. The van der Waals surface area contributed by atoms with E-state index in [-0.39, 0.29) is 12.3 Å². The first-order chi connectivity index (χ1) is 9.95. The van der Waals surface area contributed by atoms with Gasteiger partial charge in [0.25, 0.3) is 0 Å². The third-order valence-corrected chi connectivity index (χ3v) is 3.58. The molecule has 6 nitrogen and oxygen atoms in total. The molecular weight excluding hydrogens is 294 g/mol. The van der Waals surface area contributed by atoms with Gasteiger partial charge in [-0.25, -0.2) is 0 Å². The first kappa shape index (κ1) is 15.3. The van der Waals surface area contributed by atoms with E-state index < -0.39 is 23.9 Å². The van der Waals surface area contributed by atoms with Gasteiger partial charge in [0.1, 0.15) is 12.1 Å². The van der Waals surface area contributed by atoms with Crippen LogP contribution in [0.25, 0.3) is 0 Å². The van der Waals surface area contributed by atoms with Crippen LogP contribution in [0.3, 0.4) is 0 Å². The second-order valence-electron chi connectivity index (χ2n) is 4.95. The number of nitrogens with one attached hydrogen (secondary N) is 2. The van der Waals surface area contributed by atoms with Gasteiger partial charge in [0.2, 0.25) is 17.7 Å². The predicted molar refractivity (Wildman–Crippen MR) is 77.4 cm³/mol. The Morgan fingerprint density at radius 2 is 2.05 bits per heavy atom. The minimum absolute atomic E-state index is 0.163. The summed E-state index contributed by atoms with van der Waals surface area (Å²) in [6.07, 6.45) is 1.02. The Labute approximate surface area is 127 Å². The van der Waals surface area contributed by atoms with E-state index >= 15 is 0 Å². The molecule has 0 aromatic heterocycles. The van der Waals surface area contributed by atoms with Gasteiger partial charge in [-0.15, -0.1) is 0 Å². The van der Waals surface area contributed by atoms with Crippen LogP contribution in [0.4, 0.5) is 0 Å². The summed E-state index contributed by atoms with van der Waals surface area (Å²) in [7, 11) is 0. The lowest BCUT2D eigenvalue weighted by Gasteiger charge is -2.18. The third-order valence-electron chi connectivity index (χ3n) is 3.32. The van der Waals surface area contributed by atoms with Crippen molar-refractivity contribution in [1.82, 2.24) is 10.6 Å². The minimum atomic E-state index is -0.823. The summed E-state index contributed by atoms with van der Waals surface area (Å²) in [5.41, 5.74) is 6.15. The molecule has 7 heteroatoms. The van der Waals surface area contributed by atoms with Crippen molar-refractivity contribution >= 4 is 29.3 Å². The molecule has 1 aromatic carbocycles. The Morgan fingerprint density at radius 3 is 2.57 bits per heavy atom. The fourth-order valence-corrected chi connectivity index (χ4v) is 2.29. The van der Waals surface area contributed by atoms with E-state index in [4.69, 9.17) is 17.3 Å². The summed E-state index contributed by atoms with van der Waals surface area (Å²) in [5, 5.41) is 5.72. The van der Waals surface area contributed by atoms with Crippen molar-refractivity contribution in [2.24, 2.45) is 5.73 Å². The van der Waals surface area contributed by atoms with E-state index in [0.717, 1.165) is 5.56 Å². The zero-order chi connectivity index (χ0) is 15.4. The Hall–Kier alpha value is -2.08. The molecule has 1 fully saturated rings. The number of halogens is 1. The Balaban J connectivity index is 1.99.